The molecule has 18 heavy (non-hydrogen) atoms. The van der Waals surface area contributed by atoms with Crippen molar-refractivity contribution in [1.82, 2.24) is 10.2 Å². The molecular formula is C13H18BrClN2O. The monoisotopic (exact) mass is 332 g/mol. The number of benzene rings is 1. The molecule has 1 rings (SSSR count). The van der Waals surface area contributed by atoms with Crippen LogP contribution >= 0.6 is 27.5 Å². The molecule has 1 N–H and O–H groups in total. The summed E-state index contributed by atoms with van der Waals surface area (Å²) in [6.07, 6.45) is 0. The molecule has 5 heteroatoms. The van der Waals surface area contributed by atoms with Gasteiger partial charge in [-0.05, 0) is 62.1 Å². The van der Waals surface area contributed by atoms with Crippen molar-refractivity contribution >= 4 is 33.4 Å². The zero-order valence-electron chi connectivity index (χ0n) is 11.1. The number of amides is 1. The smallest absolute Gasteiger partial charge is 0.251 e. The minimum Gasteiger partial charge on any atom is -0.350 e. The van der Waals surface area contributed by atoms with Gasteiger partial charge in [-0.15, -0.1) is 0 Å². The first-order valence-corrected chi connectivity index (χ1v) is 6.82. The maximum absolute atomic E-state index is 12.0. The minimum atomic E-state index is -0.112. The average molecular weight is 334 g/mol. The molecule has 3 nitrogen and oxygen atoms in total. The van der Waals surface area contributed by atoms with Crippen LogP contribution in [-0.4, -0.2) is 37.0 Å². The maximum atomic E-state index is 12.0. The first-order chi connectivity index (χ1) is 8.24. The van der Waals surface area contributed by atoms with Gasteiger partial charge in [0.2, 0.25) is 0 Å². The van der Waals surface area contributed by atoms with Crippen molar-refractivity contribution in [3.05, 3.63) is 33.3 Å². The van der Waals surface area contributed by atoms with Gasteiger partial charge in [-0.2, -0.15) is 0 Å². The van der Waals surface area contributed by atoms with Crippen molar-refractivity contribution < 1.29 is 4.79 Å². The number of hydrogen-bond donors (Lipinski definition) is 1. The van der Waals surface area contributed by atoms with Crippen LogP contribution in [-0.2, 0) is 0 Å². The molecule has 0 aliphatic carbocycles. The summed E-state index contributed by atoms with van der Waals surface area (Å²) >= 11 is 9.26. The van der Waals surface area contributed by atoms with Crippen molar-refractivity contribution in [3.8, 4) is 0 Å². The van der Waals surface area contributed by atoms with Crippen LogP contribution in [0.2, 0.25) is 5.02 Å². The highest BCUT2D eigenvalue weighted by Gasteiger charge is 2.21. The molecule has 0 heterocycles. The largest absolute Gasteiger partial charge is 0.350 e. The lowest BCUT2D eigenvalue weighted by molar-refractivity contribution is 0.0919. The number of likely N-dealkylation sites (N-methyl/N-ethyl adjacent to an activating group) is 1. The zero-order valence-corrected chi connectivity index (χ0v) is 13.4. The number of carbonyl (C=O) groups excluding carboxylic acids is 1. The van der Waals surface area contributed by atoms with Crippen LogP contribution in [0.15, 0.2) is 22.7 Å². The number of halogens is 2. The fourth-order valence-corrected chi connectivity index (χ4v) is 1.62. The van der Waals surface area contributed by atoms with E-state index in [9.17, 15) is 4.79 Å². The average Bonchev–Trinajstić information content (AvgIpc) is 2.29. The summed E-state index contributed by atoms with van der Waals surface area (Å²) < 4.78 is 0.786. The van der Waals surface area contributed by atoms with Gasteiger partial charge in [-0.3, -0.25) is 4.79 Å². The van der Waals surface area contributed by atoms with Crippen molar-refractivity contribution in [3.63, 3.8) is 0 Å². The standard InChI is InChI=1S/C13H18BrClN2O/c1-13(2,17(3)4)8-16-12(18)9-5-6-10(14)11(15)7-9/h5-7H,8H2,1-4H3,(H,16,18). The first kappa shape index (κ1) is 15.5. The Bertz CT molecular complexity index is 447. The molecule has 0 atom stereocenters. The van der Waals surface area contributed by atoms with Crippen molar-refractivity contribution in [1.29, 1.82) is 0 Å². The highest BCUT2D eigenvalue weighted by Crippen LogP contribution is 2.23. The summed E-state index contributed by atoms with van der Waals surface area (Å²) in [6, 6.07) is 5.17. The van der Waals surface area contributed by atoms with E-state index in [2.05, 4.69) is 40.0 Å². The number of nitrogens with zero attached hydrogens (tertiary/aromatic N) is 1. The molecule has 100 valence electrons. The Balaban J connectivity index is 2.69. The van der Waals surface area contributed by atoms with Gasteiger partial charge in [0.1, 0.15) is 0 Å². The van der Waals surface area contributed by atoms with E-state index in [1.54, 1.807) is 18.2 Å². The van der Waals surface area contributed by atoms with Crippen LogP contribution in [0.4, 0.5) is 0 Å². The van der Waals surface area contributed by atoms with E-state index in [0.717, 1.165) is 4.47 Å². The predicted octanol–water partition coefficient (Wildman–Crippen LogP) is 3.17. The Morgan fingerprint density at radius 2 is 2.06 bits per heavy atom. The zero-order chi connectivity index (χ0) is 13.9. The van der Waals surface area contributed by atoms with E-state index >= 15 is 0 Å². The van der Waals surface area contributed by atoms with Gasteiger partial charge in [-0.1, -0.05) is 11.6 Å². The molecule has 0 bridgehead atoms. The molecule has 0 radical (unpaired) electrons. The van der Waals surface area contributed by atoms with Gasteiger partial charge < -0.3 is 10.2 Å². The van der Waals surface area contributed by atoms with Crippen LogP contribution in [0.3, 0.4) is 0 Å². The van der Waals surface area contributed by atoms with Crippen LogP contribution in [0.5, 0.6) is 0 Å². The molecule has 0 aliphatic heterocycles. The summed E-state index contributed by atoms with van der Waals surface area (Å²) in [6.45, 7) is 4.72. The number of rotatable bonds is 4. The van der Waals surface area contributed by atoms with Gasteiger partial charge in [0.25, 0.3) is 5.91 Å². The van der Waals surface area contributed by atoms with E-state index < -0.39 is 0 Å². The summed E-state index contributed by atoms with van der Waals surface area (Å²) in [5.41, 5.74) is 0.479. The minimum absolute atomic E-state index is 0.0885. The summed E-state index contributed by atoms with van der Waals surface area (Å²) in [4.78, 5) is 14.0. The van der Waals surface area contributed by atoms with E-state index in [0.29, 0.717) is 17.1 Å². The molecule has 0 spiro atoms. The van der Waals surface area contributed by atoms with E-state index in [1.807, 2.05) is 14.1 Å². The van der Waals surface area contributed by atoms with Crippen LogP contribution in [0, 0.1) is 0 Å². The van der Waals surface area contributed by atoms with Crippen molar-refractivity contribution in [2.75, 3.05) is 20.6 Å². The normalized spacial score (nSPS) is 11.7. The predicted molar refractivity (Wildman–Crippen MR) is 79.3 cm³/mol. The van der Waals surface area contributed by atoms with E-state index in [-0.39, 0.29) is 11.4 Å². The fourth-order valence-electron chi connectivity index (χ4n) is 1.19. The Hall–Kier alpha value is -0.580. The van der Waals surface area contributed by atoms with Crippen LogP contribution in [0.1, 0.15) is 24.2 Å². The first-order valence-electron chi connectivity index (χ1n) is 5.65. The molecule has 0 aliphatic rings. The third-order valence-electron chi connectivity index (χ3n) is 3.07. The lowest BCUT2D eigenvalue weighted by Gasteiger charge is -2.32. The second-order valence-electron chi connectivity index (χ2n) is 5.02. The van der Waals surface area contributed by atoms with Gasteiger partial charge in [0.15, 0.2) is 0 Å². The van der Waals surface area contributed by atoms with E-state index in [1.165, 1.54) is 0 Å². The van der Waals surface area contributed by atoms with Gasteiger partial charge in [-0.25, -0.2) is 0 Å². The lowest BCUT2D eigenvalue weighted by atomic mass is 10.0. The SMILES string of the molecule is CN(C)C(C)(C)CNC(=O)c1ccc(Br)c(Cl)c1. The molecule has 1 amide bonds. The Morgan fingerprint density at radius 1 is 1.44 bits per heavy atom. The highest BCUT2D eigenvalue weighted by atomic mass is 79.9. The Kier molecular flexibility index (Phi) is 5.20. The van der Waals surface area contributed by atoms with Gasteiger partial charge >= 0.3 is 0 Å². The Morgan fingerprint density at radius 3 is 2.56 bits per heavy atom. The third-order valence-corrected chi connectivity index (χ3v) is 4.31. The topological polar surface area (TPSA) is 32.3 Å². The van der Waals surface area contributed by atoms with Crippen molar-refractivity contribution in [2.24, 2.45) is 0 Å². The number of hydrogen-bond acceptors (Lipinski definition) is 2. The molecule has 0 saturated carbocycles. The second kappa shape index (κ2) is 6.04. The lowest BCUT2D eigenvalue weighted by Crippen LogP contribution is -2.48. The number of carbonyl (C=O) groups is 1. The van der Waals surface area contributed by atoms with Crippen LogP contribution in [0.25, 0.3) is 0 Å². The molecule has 0 unspecified atom stereocenters. The molecule has 0 fully saturated rings. The Labute approximate surface area is 122 Å². The molecular weight excluding hydrogens is 316 g/mol. The van der Waals surface area contributed by atoms with Gasteiger partial charge in [0.05, 0.1) is 5.02 Å². The highest BCUT2D eigenvalue weighted by molar-refractivity contribution is 9.10. The molecule has 0 aromatic heterocycles. The molecule has 0 saturated heterocycles. The molecule has 1 aromatic rings. The van der Waals surface area contributed by atoms with Gasteiger partial charge in [0, 0.05) is 22.1 Å². The van der Waals surface area contributed by atoms with E-state index in [4.69, 9.17) is 11.6 Å². The third kappa shape index (κ3) is 3.97. The maximum Gasteiger partial charge on any atom is 0.251 e. The van der Waals surface area contributed by atoms with Crippen molar-refractivity contribution in [2.45, 2.75) is 19.4 Å². The van der Waals surface area contributed by atoms with Crippen LogP contribution < -0.4 is 5.32 Å². The second-order valence-corrected chi connectivity index (χ2v) is 6.28. The summed E-state index contributed by atoms with van der Waals surface area (Å²) in [7, 11) is 3.98. The fraction of sp³-hybridized carbons (Fsp3) is 0.462. The number of nitrogens with one attached hydrogen (secondary N) is 1. The quantitative estimate of drug-likeness (QED) is 0.918. The molecule has 1 aromatic carbocycles. The summed E-state index contributed by atoms with van der Waals surface area (Å²) in [5, 5.41) is 3.45. The summed E-state index contributed by atoms with van der Waals surface area (Å²) in [5.74, 6) is -0.112.